The van der Waals surface area contributed by atoms with Crippen molar-refractivity contribution in [3.8, 4) is 0 Å². The van der Waals surface area contributed by atoms with Crippen molar-refractivity contribution < 1.29 is 4.42 Å². The first-order chi connectivity index (χ1) is 6.96. The van der Waals surface area contributed by atoms with E-state index in [9.17, 15) is 0 Å². The largest absolute Gasteiger partial charge is 0.476 e. The van der Waals surface area contributed by atoms with Crippen LogP contribution in [0.15, 0.2) is 16.5 Å². The van der Waals surface area contributed by atoms with E-state index in [2.05, 4.69) is 65.6 Å². The Morgan fingerprint density at radius 3 is 1.62 bits per heavy atom. The van der Waals surface area contributed by atoms with Crippen molar-refractivity contribution in [3.63, 3.8) is 0 Å². The molecule has 1 aromatic heterocycles. The summed E-state index contributed by atoms with van der Waals surface area (Å²) < 4.78 is 6.16. The average Bonchev–Trinajstić information content (AvgIpc) is 2.47. The Bertz CT molecular complexity index is 364. The van der Waals surface area contributed by atoms with Crippen LogP contribution in [0.1, 0.15) is 20.8 Å². The maximum absolute atomic E-state index is 6.16. The minimum Gasteiger partial charge on any atom is -0.476 e. The van der Waals surface area contributed by atoms with Crippen molar-refractivity contribution in [2.24, 2.45) is 0 Å². The van der Waals surface area contributed by atoms with Crippen LogP contribution in [0.5, 0.6) is 0 Å². The van der Waals surface area contributed by atoms with Gasteiger partial charge in [0.05, 0.1) is 10.8 Å². The normalized spacial score (nSPS) is 14.2. The fourth-order valence-electron chi connectivity index (χ4n) is 1.45. The van der Waals surface area contributed by atoms with Crippen LogP contribution in [-0.4, -0.2) is 16.1 Å². The lowest BCUT2D eigenvalue weighted by Gasteiger charge is -2.34. The number of hydrogen-bond acceptors (Lipinski definition) is 1. The Labute approximate surface area is 102 Å². The second-order valence-corrected chi connectivity index (χ2v) is 17.5. The highest BCUT2D eigenvalue weighted by molar-refractivity contribution is 6.92. The molecule has 0 aliphatic heterocycles. The van der Waals surface area contributed by atoms with Gasteiger partial charge in [-0.2, -0.15) is 0 Å². The number of rotatable bonds is 2. The molecular weight excluding hydrogens is 228 g/mol. The fourth-order valence-corrected chi connectivity index (χ4v) is 4.15. The molecule has 0 spiro atoms. The lowest BCUT2D eigenvalue weighted by atomic mass is 10.2. The predicted molar refractivity (Wildman–Crippen MR) is 78.5 cm³/mol. The maximum Gasteiger partial charge on any atom is 0.131 e. The Morgan fingerprint density at radius 2 is 1.31 bits per heavy atom. The molecule has 0 saturated carbocycles. The third-order valence-corrected chi connectivity index (χ3v) is 10.8. The Morgan fingerprint density at radius 1 is 0.875 bits per heavy atom. The molecule has 16 heavy (non-hydrogen) atoms. The van der Waals surface area contributed by atoms with Gasteiger partial charge in [0.25, 0.3) is 0 Å². The lowest BCUT2D eigenvalue weighted by molar-refractivity contribution is 0.615. The Hall–Kier alpha value is -0.286. The molecule has 0 bridgehead atoms. The highest BCUT2D eigenvalue weighted by atomic mass is 28.3. The van der Waals surface area contributed by atoms with Gasteiger partial charge in [-0.05, 0) is 17.2 Å². The highest BCUT2D eigenvalue weighted by Gasteiger charge is 2.40. The molecule has 1 nitrogen and oxygen atoms in total. The fraction of sp³-hybridized carbons (Fsp3) is 0.692. The van der Waals surface area contributed by atoms with Gasteiger partial charge in [-0.3, -0.25) is 0 Å². The van der Waals surface area contributed by atoms with E-state index in [0.717, 1.165) is 0 Å². The molecule has 0 N–H and O–H groups in total. The molecular formula is C13H26OSi2. The van der Waals surface area contributed by atoms with Crippen molar-refractivity contribution in [3.05, 3.63) is 12.1 Å². The van der Waals surface area contributed by atoms with Crippen LogP contribution in [0.2, 0.25) is 37.8 Å². The summed E-state index contributed by atoms with van der Waals surface area (Å²) in [5.74, 6) is 0. The first kappa shape index (κ1) is 13.8. The van der Waals surface area contributed by atoms with Crippen molar-refractivity contribution in [2.75, 3.05) is 0 Å². The average molecular weight is 255 g/mol. The smallest absolute Gasteiger partial charge is 0.131 e. The SMILES string of the molecule is CC(C)(C)[Si](C)(C)c1ccc([Si](C)(C)C)o1. The summed E-state index contributed by atoms with van der Waals surface area (Å²) >= 11 is 0. The summed E-state index contributed by atoms with van der Waals surface area (Å²) in [6.45, 7) is 18.8. The summed E-state index contributed by atoms with van der Waals surface area (Å²) in [6.07, 6.45) is 0. The van der Waals surface area contributed by atoms with Gasteiger partial charge >= 0.3 is 0 Å². The standard InChI is InChI=1S/C13H26OSi2/c1-13(2,3)16(7,8)12-10-9-11(14-12)15(4,5)6/h9-10H,1-8H3. The zero-order chi connectivity index (χ0) is 12.8. The van der Waals surface area contributed by atoms with Gasteiger partial charge < -0.3 is 4.42 Å². The molecule has 0 unspecified atom stereocenters. The van der Waals surface area contributed by atoms with Gasteiger partial charge in [0.1, 0.15) is 16.1 Å². The summed E-state index contributed by atoms with van der Waals surface area (Å²) in [5, 5.41) is 2.85. The van der Waals surface area contributed by atoms with Gasteiger partial charge in [0.2, 0.25) is 0 Å². The van der Waals surface area contributed by atoms with Gasteiger partial charge in [0.15, 0.2) is 0 Å². The van der Waals surface area contributed by atoms with E-state index in [1.807, 2.05) is 0 Å². The van der Waals surface area contributed by atoms with Crippen molar-refractivity contribution in [1.82, 2.24) is 0 Å². The Balaban J connectivity index is 3.13. The van der Waals surface area contributed by atoms with E-state index in [4.69, 9.17) is 4.42 Å². The molecule has 1 rings (SSSR count). The summed E-state index contributed by atoms with van der Waals surface area (Å²) in [4.78, 5) is 0. The molecule has 0 aliphatic rings. The lowest BCUT2D eigenvalue weighted by Crippen LogP contribution is -2.49. The number of furan rings is 1. The molecule has 0 amide bonds. The van der Waals surface area contributed by atoms with E-state index in [1.54, 1.807) is 0 Å². The third kappa shape index (κ3) is 2.51. The van der Waals surface area contributed by atoms with Crippen LogP contribution in [0.25, 0.3) is 0 Å². The van der Waals surface area contributed by atoms with Gasteiger partial charge in [-0.1, -0.05) is 53.5 Å². The summed E-state index contributed by atoms with van der Waals surface area (Å²) in [7, 11) is -2.78. The second-order valence-electron chi connectivity index (χ2n) is 7.29. The first-order valence-corrected chi connectivity index (χ1v) is 12.6. The monoisotopic (exact) mass is 254 g/mol. The van der Waals surface area contributed by atoms with Gasteiger partial charge in [-0.25, -0.2) is 0 Å². The van der Waals surface area contributed by atoms with Crippen LogP contribution < -0.4 is 10.8 Å². The van der Waals surface area contributed by atoms with E-state index in [-0.39, 0.29) is 0 Å². The molecule has 92 valence electrons. The van der Waals surface area contributed by atoms with Crippen LogP contribution >= 0.6 is 0 Å². The Kier molecular flexibility index (Phi) is 3.34. The van der Waals surface area contributed by atoms with Crippen LogP contribution in [0, 0.1) is 0 Å². The molecule has 1 aromatic rings. The first-order valence-electron chi connectivity index (χ1n) is 6.07. The second kappa shape index (κ2) is 3.88. The molecule has 0 fully saturated rings. The third-order valence-electron chi connectivity index (χ3n) is 3.84. The topological polar surface area (TPSA) is 13.1 Å². The van der Waals surface area contributed by atoms with Crippen molar-refractivity contribution >= 4 is 26.9 Å². The summed E-state index contributed by atoms with van der Waals surface area (Å²) in [5.41, 5.74) is 0. The van der Waals surface area contributed by atoms with E-state index < -0.39 is 16.1 Å². The highest BCUT2D eigenvalue weighted by Crippen LogP contribution is 2.35. The summed E-state index contributed by atoms with van der Waals surface area (Å²) in [6, 6.07) is 4.44. The van der Waals surface area contributed by atoms with Crippen LogP contribution in [-0.2, 0) is 0 Å². The van der Waals surface area contributed by atoms with E-state index in [1.165, 1.54) is 10.8 Å². The minimum atomic E-state index is -1.48. The predicted octanol–water partition coefficient (Wildman–Crippen LogP) is 3.54. The number of hydrogen-bond donors (Lipinski definition) is 0. The van der Waals surface area contributed by atoms with Gasteiger partial charge in [-0.15, -0.1) is 0 Å². The van der Waals surface area contributed by atoms with Crippen molar-refractivity contribution in [1.29, 1.82) is 0 Å². The molecule has 1 heterocycles. The van der Waals surface area contributed by atoms with Crippen LogP contribution in [0.3, 0.4) is 0 Å². The molecule has 3 heteroatoms. The van der Waals surface area contributed by atoms with Gasteiger partial charge in [0, 0.05) is 0 Å². The van der Waals surface area contributed by atoms with Crippen molar-refractivity contribution in [2.45, 2.75) is 58.5 Å². The van der Waals surface area contributed by atoms with Crippen LogP contribution in [0.4, 0.5) is 0 Å². The molecule has 0 atom stereocenters. The quantitative estimate of drug-likeness (QED) is 0.736. The molecule has 0 saturated heterocycles. The zero-order valence-corrected chi connectivity index (χ0v) is 14.1. The zero-order valence-electron chi connectivity index (χ0n) is 12.1. The maximum atomic E-state index is 6.16. The molecule has 0 aromatic carbocycles. The van der Waals surface area contributed by atoms with E-state index in [0.29, 0.717) is 5.04 Å². The molecule has 0 aliphatic carbocycles. The molecule has 0 radical (unpaired) electrons. The minimum absolute atomic E-state index is 0.349. The van der Waals surface area contributed by atoms with E-state index >= 15 is 0 Å².